The van der Waals surface area contributed by atoms with Gasteiger partial charge in [0.1, 0.15) is 0 Å². The van der Waals surface area contributed by atoms with Crippen molar-refractivity contribution in [3.63, 3.8) is 0 Å². The monoisotopic (exact) mass is 199 g/mol. The first-order valence-corrected chi connectivity index (χ1v) is 5.18. The Bertz CT molecular complexity index is 176. The summed E-state index contributed by atoms with van der Waals surface area (Å²) in [5, 5.41) is 0. The molecule has 0 radical (unpaired) electrons. The van der Waals surface area contributed by atoms with Crippen LogP contribution in [0.5, 0.6) is 0 Å². The number of esters is 1. The van der Waals surface area contributed by atoms with Gasteiger partial charge in [-0.25, -0.2) is 4.79 Å². The zero-order chi connectivity index (χ0) is 10.8. The van der Waals surface area contributed by atoms with Gasteiger partial charge in [-0.1, -0.05) is 26.2 Å². The number of unbranched alkanes of at least 4 members (excludes halogenated alkanes) is 3. The summed E-state index contributed by atoms with van der Waals surface area (Å²) in [5.74, 6) is -0.254. The summed E-state index contributed by atoms with van der Waals surface area (Å²) >= 11 is 0. The van der Waals surface area contributed by atoms with Crippen LogP contribution in [0.25, 0.3) is 0 Å². The van der Waals surface area contributed by atoms with Crippen LogP contribution in [0.4, 0.5) is 0 Å². The first kappa shape index (κ1) is 13.0. The van der Waals surface area contributed by atoms with Crippen molar-refractivity contribution in [2.24, 2.45) is 0 Å². The third-order valence-corrected chi connectivity index (χ3v) is 1.75. The van der Waals surface area contributed by atoms with Gasteiger partial charge < -0.3 is 9.64 Å². The highest BCUT2D eigenvalue weighted by Crippen LogP contribution is 1.99. The molecular weight excluding hydrogens is 178 g/mol. The molecule has 0 aromatic heterocycles. The highest BCUT2D eigenvalue weighted by atomic mass is 16.5. The van der Waals surface area contributed by atoms with Crippen molar-refractivity contribution < 1.29 is 9.53 Å². The standard InChI is InChI=1S/C11H21NO2/c1-4-5-6-7-10-14-11(13)8-9-12(2)3/h8-9H,4-7,10H2,1-3H3. The molecule has 0 spiro atoms. The van der Waals surface area contributed by atoms with Crippen molar-refractivity contribution in [1.29, 1.82) is 0 Å². The van der Waals surface area contributed by atoms with E-state index in [-0.39, 0.29) is 5.97 Å². The van der Waals surface area contributed by atoms with Crippen LogP contribution >= 0.6 is 0 Å². The molecule has 3 heteroatoms. The van der Waals surface area contributed by atoms with E-state index in [1.165, 1.54) is 18.9 Å². The Labute approximate surface area is 86.7 Å². The lowest BCUT2D eigenvalue weighted by molar-refractivity contribution is -0.137. The summed E-state index contributed by atoms with van der Waals surface area (Å²) < 4.78 is 4.99. The molecule has 82 valence electrons. The zero-order valence-corrected chi connectivity index (χ0v) is 9.45. The normalized spacial score (nSPS) is 10.5. The third kappa shape index (κ3) is 9.10. The Morgan fingerprint density at radius 1 is 1.29 bits per heavy atom. The number of hydrogen-bond donors (Lipinski definition) is 0. The number of rotatable bonds is 7. The quantitative estimate of drug-likeness (QED) is 0.357. The molecule has 0 unspecified atom stereocenters. The summed E-state index contributed by atoms with van der Waals surface area (Å²) in [4.78, 5) is 12.8. The lowest BCUT2D eigenvalue weighted by Gasteiger charge is -2.04. The Kier molecular flexibility index (Phi) is 7.99. The molecule has 0 N–H and O–H groups in total. The maximum absolute atomic E-state index is 11.0. The fourth-order valence-electron chi connectivity index (χ4n) is 0.960. The van der Waals surface area contributed by atoms with Crippen LogP contribution in [0, 0.1) is 0 Å². The molecule has 0 bridgehead atoms. The van der Waals surface area contributed by atoms with E-state index in [4.69, 9.17) is 4.74 Å². The fraction of sp³-hybridized carbons (Fsp3) is 0.727. The second-order valence-corrected chi connectivity index (χ2v) is 3.51. The molecule has 0 saturated heterocycles. The Morgan fingerprint density at radius 3 is 2.57 bits per heavy atom. The molecule has 0 aliphatic rings. The van der Waals surface area contributed by atoms with Gasteiger partial charge in [-0.05, 0) is 6.42 Å². The molecular formula is C11H21NO2. The van der Waals surface area contributed by atoms with Gasteiger partial charge in [0, 0.05) is 26.4 Å². The molecule has 0 aromatic rings. The fourth-order valence-corrected chi connectivity index (χ4v) is 0.960. The molecule has 0 atom stereocenters. The van der Waals surface area contributed by atoms with Gasteiger partial charge in [-0.3, -0.25) is 0 Å². The first-order chi connectivity index (χ1) is 6.66. The van der Waals surface area contributed by atoms with E-state index in [9.17, 15) is 4.79 Å². The second-order valence-electron chi connectivity index (χ2n) is 3.51. The SMILES string of the molecule is CCCCCCOC(=O)C=CN(C)C. The summed E-state index contributed by atoms with van der Waals surface area (Å²) in [6.45, 7) is 2.70. The maximum Gasteiger partial charge on any atom is 0.332 e. The summed E-state index contributed by atoms with van der Waals surface area (Å²) in [6, 6.07) is 0. The van der Waals surface area contributed by atoms with Crippen LogP contribution < -0.4 is 0 Å². The molecule has 0 aliphatic heterocycles. The number of nitrogens with zero attached hydrogens (tertiary/aromatic N) is 1. The predicted molar refractivity (Wildman–Crippen MR) is 57.9 cm³/mol. The molecule has 0 aliphatic carbocycles. The third-order valence-electron chi connectivity index (χ3n) is 1.75. The van der Waals surface area contributed by atoms with Crippen molar-refractivity contribution in [1.82, 2.24) is 4.90 Å². The van der Waals surface area contributed by atoms with Crippen molar-refractivity contribution in [3.8, 4) is 0 Å². The lowest BCUT2D eigenvalue weighted by atomic mass is 10.2. The van der Waals surface area contributed by atoms with Crippen LogP contribution in [0.3, 0.4) is 0 Å². The van der Waals surface area contributed by atoms with Crippen molar-refractivity contribution in [2.75, 3.05) is 20.7 Å². The minimum Gasteiger partial charge on any atom is -0.462 e. The van der Waals surface area contributed by atoms with E-state index in [1.54, 1.807) is 11.1 Å². The molecule has 14 heavy (non-hydrogen) atoms. The van der Waals surface area contributed by atoms with Crippen LogP contribution in [0.15, 0.2) is 12.3 Å². The summed E-state index contributed by atoms with van der Waals surface area (Å²) in [6.07, 6.45) is 7.66. The Morgan fingerprint density at radius 2 is 2.00 bits per heavy atom. The number of hydrogen-bond acceptors (Lipinski definition) is 3. The van der Waals surface area contributed by atoms with E-state index >= 15 is 0 Å². The largest absolute Gasteiger partial charge is 0.462 e. The second kappa shape index (κ2) is 8.60. The first-order valence-electron chi connectivity index (χ1n) is 5.18. The van der Waals surface area contributed by atoms with Crippen LogP contribution in [-0.4, -0.2) is 31.6 Å². The Hall–Kier alpha value is -0.990. The van der Waals surface area contributed by atoms with Crippen LogP contribution in [-0.2, 0) is 9.53 Å². The van der Waals surface area contributed by atoms with E-state index < -0.39 is 0 Å². The molecule has 0 fully saturated rings. The molecule has 3 nitrogen and oxygen atoms in total. The van der Waals surface area contributed by atoms with Gasteiger partial charge in [0.25, 0.3) is 0 Å². The summed E-state index contributed by atoms with van der Waals surface area (Å²) in [7, 11) is 3.73. The van der Waals surface area contributed by atoms with E-state index in [2.05, 4.69) is 6.92 Å². The van der Waals surface area contributed by atoms with Crippen molar-refractivity contribution in [3.05, 3.63) is 12.3 Å². The average molecular weight is 199 g/mol. The number of ether oxygens (including phenoxy) is 1. The molecule has 0 amide bonds. The molecule has 0 aromatic carbocycles. The smallest absolute Gasteiger partial charge is 0.332 e. The molecule has 0 heterocycles. The molecule has 0 rings (SSSR count). The average Bonchev–Trinajstić information content (AvgIpc) is 2.14. The highest BCUT2D eigenvalue weighted by Gasteiger charge is 1.95. The zero-order valence-electron chi connectivity index (χ0n) is 9.45. The van der Waals surface area contributed by atoms with Crippen molar-refractivity contribution in [2.45, 2.75) is 32.6 Å². The van der Waals surface area contributed by atoms with Gasteiger partial charge in [0.2, 0.25) is 0 Å². The van der Waals surface area contributed by atoms with Crippen LogP contribution in [0.2, 0.25) is 0 Å². The predicted octanol–water partition coefficient (Wildman–Crippen LogP) is 2.19. The van der Waals surface area contributed by atoms with Gasteiger partial charge in [-0.2, -0.15) is 0 Å². The topological polar surface area (TPSA) is 29.5 Å². The number of carbonyl (C=O) groups is 1. The van der Waals surface area contributed by atoms with Crippen LogP contribution in [0.1, 0.15) is 32.6 Å². The van der Waals surface area contributed by atoms with Gasteiger partial charge in [0.15, 0.2) is 0 Å². The molecule has 0 saturated carbocycles. The summed E-state index contributed by atoms with van der Waals surface area (Å²) in [5.41, 5.74) is 0. The van der Waals surface area contributed by atoms with E-state index in [0.717, 1.165) is 12.8 Å². The minimum absolute atomic E-state index is 0.254. The van der Waals surface area contributed by atoms with E-state index in [1.807, 2.05) is 14.1 Å². The van der Waals surface area contributed by atoms with Gasteiger partial charge in [-0.15, -0.1) is 0 Å². The Balaban J connectivity index is 3.36. The van der Waals surface area contributed by atoms with Gasteiger partial charge in [0.05, 0.1) is 6.61 Å². The van der Waals surface area contributed by atoms with Gasteiger partial charge >= 0.3 is 5.97 Å². The van der Waals surface area contributed by atoms with Crippen molar-refractivity contribution >= 4 is 5.97 Å². The number of carbonyl (C=O) groups excluding carboxylic acids is 1. The lowest BCUT2D eigenvalue weighted by Crippen LogP contribution is -2.06. The highest BCUT2D eigenvalue weighted by molar-refractivity contribution is 5.81. The van der Waals surface area contributed by atoms with E-state index in [0.29, 0.717) is 6.61 Å². The minimum atomic E-state index is -0.254. The maximum atomic E-state index is 11.0.